The lowest BCUT2D eigenvalue weighted by atomic mass is 9.36. The molecule has 0 unspecified atom stereocenters. The first-order chi connectivity index (χ1) is 33.0. The maximum Gasteiger partial charge on any atom is 0.292 e. The third kappa shape index (κ3) is 4.68. The van der Waals surface area contributed by atoms with E-state index in [2.05, 4.69) is 235 Å². The van der Waals surface area contributed by atoms with Crippen molar-refractivity contribution in [2.75, 3.05) is 9.80 Å². The van der Waals surface area contributed by atoms with Crippen LogP contribution in [0.4, 0.5) is 34.1 Å². The van der Waals surface area contributed by atoms with Gasteiger partial charge in [-0.2, -0.15) is 0 Å². The molecule has 0 atom stereocenters. The zero-order valence-corrected chi connectivity index (χ0v) is 37.8. The molecule has 0 spiro atoms. The van der Waals surface area contributed by atoms with E-state index in [1.54, 1.807) is 0 Å². The smallest absolute Gasteiger partial charge is 0.292 e. The second-order valence-corrected chi connectivity index (χ2v) is 19.0. The molecule has 0 bridgehead atoms. The summed E-state index contributed by atoms with van der Waals surface area (Å²) >= 11 is 0. The second-order valence-electron chi connectivity index (χ2n) is 19.0. The average Bonchev–Trinajstić information content (AvgIpc) is 3.82. The van der Waals surface area contributed by atoms with Gasteiger partial charge in [-0.3, -0.25) is 0 Å². The number of hydrogen-bond acceptors (Lipinski definition) is 2. The Morgan fingerprint density at radius 2 is 0.627 bits per heavy atom. The van der Waals surface area contributed by atoms with Crippen molar-refractivity contribution in [3.8, 4) is 0 Å². The molecule has 2 aliphatic rings. The maximum absolute atomic E-state index is 2.65. The van der Waals surface area contributed by atoms with Gasteiger partial charge in [0, 0.05) is 69.2 Å². The summed E-state index contributed by atoms with van der Waals surface area (Å²) in [4.78, 5) is 5.30. The number of hydrogen-bond donors (Lipinski definition) is 0. The van der Waals surface area contributed by atoms with E-state index in [4.69, 9.17) is 0 Å². The van der Waals surface area contributed by atoms with Crippen molar-refractivity contribution < 1.29 is 0 Å². The van der Waals surface area contributed by atoms with Crippen molar-refractivity contribution in [2.45, 2.75) is 13.8 Å². The first-order valence-corrected chi connectivity index (χ1v) is 23.5. The molecule has 5 heteroatoms. The molecule has 0 fully saturated rings. The Kier molecular flexibility index (Phi) is 7.28. The van der Waals surface area contributed by atoms with Crippen LogP contribution >= 0.6 is 0 Å². The van der Waals surface area contributed by atoms with Gasteiger partial charge in [0.05, 0.1) is 22.7 Å². The van der Waals surface area contributed by atoms with Crippen LogP contribution in [0, 0.1) is 13.8 Å². The van der Waals surface area contributed by atoms with E-state index in [-0.39, 0.29) is 6.71 Å². The van der Waals surface area contributed by atoms with Gasteiger partial charge in [-0.25, -0.2) is 0 Å². The molecule has 15 rings (SSSR count). The lowest BCUT2D eigenvalue weighted by molar-refractivity contribution is 0.982. The van der Waals surface area contributed by atoms with E-state index in [1.807, 2.05) is 0 Å². The minimum Gasteiger partial charge on any atom is -0.353 e. The Bertz CT molecular complexity index is 4000. The molecule has 0 aliphatic carbocycles. The molecule has 4 nitrogen and oxygen atoms in total. The molecule has 2 aliphatic heterocycles. The van der Waals surface area contributed by atoms with Gasteiger partial charge in [0.2, 0.25) is 0 Å². The van der Waals surface area contributed by atoms with E-state index in [0.717, 1.165) is 0 Å². The summed E-state index contributed by atoms with van der Waals surface area (Å²) in [6.45, 7) is 4.39. The van der Waals surface area contributed by atoms with Gasteiger partial charge in [-0.1, -0.05) is 151 Å². The maximum atomic E-state index is 2.65. The molecular formula is C62H43BN4. The molecule has 4 heterocycles. The first-order valence-electron chi connectivity index (χ1n) is 23.5. The van der Waals surface area contributed by atoms with Crippen LogP contribution in [0.25, 0.3) is 86.4 Å². The monoisotopic (exact) mass is 854 g/mol. The third-order valence-corrected chi connectivity index (χ3v) is 15.5. The summed E-state index contributed by atoms with van der Waals surface area (Å²) in [5.41, 5.74) is 16.2. The highest BCUT2D eigenvalue weighted by Crippen LogP contribution is 2.53. The highest BCUT2D eigenvalue weighted by atomic mass is 15.2. The van der Waals surface area contributed by atoms with Gasteiger partial charge in [-0.05, 0) is 122 Å². The Morgan fingerprint density at radius 3 is 1.01 bits per heavy atom. The summed E-state index contributed by atoms with van der Waals surface area (Å²) in [7, 11) is 4.60. The lowest BCUT2D eigenvalue weighted by Gasteiger charge is -2.43. The molecular weight excluding hydrogens is 812 g/mol. The van der Waals surface area contributed by atoms with Crippen LogP contribution in [0.15, 0.2) is 188 Å². The van der Waals surface area contributed by atoms with E-state index in [9.17, 15) is 0 Å². The fourth-order valence-electron chi connectivity index (χ4n) is 12.9. The number of rotatable bonds is 2. The summed E-state index contributed by atoms with van der Waals surface area (Å²) in [6, 6.07) is 71.0. The van der Waals surface area contributed by atoms with Gasteiger partial charge in [0.25, 0.3) is 6.71 Å². The van der Waals surface area contributed by atoms with Crippen LogP contribution in [0.3, 0.4) is 0 Å². The Balaban J connectivity index is 1.14. The third-order valence-electron chi connectivity index (χ3n) is 15.5. The number of anilines is 6. The molecule has 0 saturated heterocycles. The van der Waals surface area contributed by atoms with E-state index < -0.39 is 0 Å². The minimum atomic E-state index is -0.0702. The van der Waals surface area contributed by atoms with E-state index >= 15 is 0 Å². The van der Waals surface area contributed by atoms with Crippen molar-refractivity contribution in [3.05, 3.63) is 199 Å². The molecule has 67 heavy (non-hydrogen) atoms. The van der Waals surface area contributed by atoms with Gasteiger partial charge in [0.15, 0.2) is 0 Å². The Morgan fingerprint density at radius 1 is 0.313 bits per heavy atom. The zero-order chi connectivity index (χ0) is 44.4. The van der Waals surface area contributed by atoms with Crippen molar-refractivity contribution in [2.24, 2.45) is 14.1 Å². The minimum absolute atomic E-state index is 0.0702. The molecule has 2 aromatic heterocycles. The van der Waals surface area contributed by atoms with Crippen LogP contribution in [0.1, 0.15) is 11.1 Å². The predicted octanol–water partition coefficient (Wildman–Crippen LogP) is 14.3. The summed E-state index contributed by atoms with van der Waals surface area (Å²) in [5, 5.41) is 17.8. The topological polar surface area (TPSA) is 16.3 Å². The fraction of sp³-hybridized carbons (Fsp3) is 0.0645. The van der Waals surface area contributed by atoms with Gasteiger partial charge in [-0.15, -0.1) is 0 Å². The number of aryl methyl sites for hydroxylation is 4. The molecule has 11 aromatic carbocycles. The largest absolute Gasteiger partial charge is 0.353 e. The molecule has 13 aromatic rings. The van der Waals surface area contributed by atoms with Crippen molar-refractivity contribution in [3.63, 3.8) is 0 Å². The van der Waals surface area contributed by atoms with Gasteiger partial charge < -0.3 is 18.9 Å². The standard InChI is InChI=1S/C62H43BN4/c1-36-30-32-50-48(34-36)59-61(64(50)3)63-58-54(66(59)52-26-13-24-46-42-18-7-5-16-38(42)40-20-9-11-22-44(40)56(46)52)28-15-29-55(58)67(60-49-35-37(2)31-33-51(49)65(4)62(60)63)53-27-14-25-47-43-19-8-6-17-39(43)41-21-10-12-23-45(41)57(47)53/h5-35H,1-4H3. The summed E-state index contributed by atoms with van der Waals surface area (Å²) in [6.07, 6.45) is 0. The molecule has 0 N–H and O–H groups in total. The predicted molar refractivity (Wildman–Crippen MR) is 288 cm³/mol. The number of aromatic nitrogens is 2. The highest BCUT2D eigenvalue weighted by Gasteiger charge is 2.49. The van der Waals surface area contributed by atoms with Crippen LogP contribution in [0.2, 0.25) is 0 Å². The second kappa shape index (κ2) is 13.2. The molecule has 0 amide bonds. The molecule has 0 radical (unpaired) electrons. The van der Waals surface area contributed by atoms with E-state index in [1.165, 1.54) is 148 Å². The highest BCUT2D eigenvalue weighted by molar-refractivity contribution is 7.00. The van der Waals surface area contributed by atoms with Gasteiger partial charge >= 0.3 is 0 Å². The SMILES string of the molecule is Cc1ccc2c(c1)c1c(n2C)B2c3c(cccc3N(c3cccc4c5ccccc5c5ccccc5c34)c3c2n(C)c2ccc(C)cc32)N1c1cccc2c3ccccc3c3ccccc3c12. The molecule has 314 valence electrons. The lowest BCUT2D eigenvalue weighted by Crippen LogP contribution is -2.64. The Labute approximate surface area is 388 Å². The number of fused-ring (bicyclic) bond motifs is 20. The van der Waals surface area contributed by atoms with Crippen molar-refractivity contribution >= 4 is 144 Å². The average molecular weight is 855 g/mol. The quantitative estimate of drug-likeness (QED) is 0.127. The number of benzene rings is 11. The van der Waals surface area contributed by atoms with Crippen molar-refractivity contribution in [1.82, 2.24) is 9.13 Å². The fourth-order valence-corrected chi connectivity index (χ4v) is 12.9. The zero-order valence-electron chi connectivity index (χ0n) is 37.8. The normalized spacial score (nSPS) is 13.3. The number of nitrogens with zero attached hydrogens (tertiary/aromatic N) is 4. The summed E-state index contributed by atoms with van der Waals surface area (Å²) in [5.74, 6) is 0. The summed E-state index contributed by atoms with van der Waals surface area (Å²) < 4.78 is 5.03. The van der Waals surface area contributed by atoms with Gasteiger partial charge in [0.1, 0.15) is 0 Å². The van der Waals surface area contributed by atoms with Crippen molar-refractivity contribution in [1.29, 1.82) is 0 Å². The van der Waals surface area contributed by atoms with Crippen LogP contribution in [0.5, 0.6) is 0 Å². The van der Waals surface area contributed by atoms with Crippen LogP contribution in [-0.4, -0.2) is 15.8 Å². The Hall–Kier alpha value is -8.28. The van der Waals surface area contributed by atoms with E-state index in [0.29, 0.717) is 0 Å². The molecule has 0 saturated carbocycles. The van der Waals surface area contributed by atoms with Crippen LogP contribution < -0.4 is 26.4 Å². The first kappa shape index (κ1) is 37.0. The van der Waals surface area contributed by atoms with Crippen LogP contribution in [-0.2, 0) is 14.1 Å².